The molecule has 0 saturated carbocycles. The molecule has 272 valence electrons. The number of benzene rings is 5. The van der Waals surface area contributed by atoms with Gasteiger partial charge in [0.2, 0.25) is 0 Å². The van der Waals surface area contributed by atoms with E-state index in [-0.39, 0.29) is 29.0 Å². The summed E-state index contributed by atoms with van der Waals surface area (Å²) in [5, 5.41) is 2.68. The summed E-state index contributed by atoms with van der Waals surface area (Å²) in [7, 11) is 0. The van der Waals surface area contributed by atoms with Crippen LogP contribution in [0.3, 0.4) is 0 Å². The van der Waals surface area contributed by atoms with E-state index in [1.54, 1.807) is 12.1 Å². The average molecular weight is 738 g/mol. The summed E-state index contributed by atoms with van der Waals surface area (Å²) in [6.45, 7) is 6.30. The number of urea groups is 1. The molecule has 0 bridgehead atoms. The van der Waals surface area contributed by atoms with E-state index in [1.807, 2.05) is 86.6 Å². The molecule has 54 heavy (non-hydrogen) atoms. The fourth-order valence-corrected chi connectivity index (χ4v) is 8.22. The molecule has 9 heteroatoms. The van der Waals surface area contributed by atoms with Gasteiger partial charge in [-0.2, -0.15) is 0 Å². The van der Waals surface area contributed by atoms with Crippen LogP contribution in [0.25, 0.3) is 6.08 Å². The number of amides is 4. The predicted octanol–water partition coefficient (Wildman–Crippen LogP) is 9.17. The van der Waals surface area contributed by atoms with Crippen molar-refractivity contribution in [2.75, 3.05) is 29.5 Å². The van der Waals surface area contributed by atoms with E-state index in [0.717, 1.165) is 53.1 Å². The van der Waals surface area contributed by atoms with E-state index in [2.05, 4.69) is 34.5 Å². The van der Waals surface area contributed by atoms with E-state index in [0.29, 0.717) is 29.4 Å². The zero-order chi connectivity index (χ0) is 37.3. The largest absolute Gasteiger partial charge is 0.490 e. The second-order valence-electron chi connectivity index (χ2n) is 14.0. The van der Waals surface area contributed by atoms with Gasteiger partial charge in [-0.15, -0.1) is 0 Å². The molecule has 3 aliphatic heterocycles. The van der Waals surface area contributed by atoms with Crippen molar-refractivity contribution < 1.29 is 23.9 Å². The van der Waals surface area contributed by atoms with Crippen LogP contribution in [0.15, 0.2) is 115 Å². The number of hydrogen-bond donors (Lipinski definition) is 1. The summed E-state index contributed by atoms with van der Waals surface area (Å²) >= 11 is 6.76. The highest BCUT2D eigenvalue weighted by atomic mass is 35.5. The Kier molecular flexibility index (Phi) is 9.69. The quantitative estimate of drug-likeness (QED) is 0.120. The molecule has 2 atom stereocenters. The molecular formula is C45H40ClN3O5. The van der Waals surface area contributed by atoms with Gasteiger partial charge in [0.1, 0.15) is 12.2 Å². The highest BCUT2D eigenvalue weighted by molar-refractivity contribution is 6.39. The first kappa shape index (κ1) is 35.2. The lowest BCUT2D eigenvalue weighted by Gasteiger charge is -2.44. The van der Waals surface area contributed by atoms with Gasteiger partial charge < -0.3 is 14.4 Å². The SMILES string of the molecule is CCOc1cc(/C=C2\C(=O)NC(=O)N(c3cc4c5c(c3)[C@@H](c3ccccc3)CCN5CC[C@@H]4c3ccccc3)C2=O)cc(Cl)c1OCc1ccc(C)cc1. The summed E-state index contributed by atoms with van der Waals surface area (Å²) in [6.07, 6.45) is 3.24. The van der Waals surface area contributed by atoms with E-state index in [9.17, 15) is 14.4 Å². The topological polar surface area (TPSA) is 88.2 Å². The molecule has 1 fully saturated rings. The van der Waals surface area contributed by atoms with Gasteiger partial charge in [-0.3, -0.25) is 14.9 Å². The van der Waals surface area contributed by atoms with Crippen molar-refractivity contribution in [3.63, 3.8) is 0 Å². The van der Waals surface area contributed by atoms with Crippen LogP contribution in [0.4, 0.5) is 16.2 Å². The number of hydrogen-bond acceptors (Lipinski definition) is 6. The van der Waals surface area contributed by atoms with Crippen LogP contribution in [-0.4, -0.2) is 37.5 Å². The van der Waals surface area contributed by atoms with Crippen LogP contribution in [0.2, 0.25) is 5.02 Å². The Balaban J connectivity index is 1.19. The molecule has 0 spiro atoms. The smallest absolute Gasteiger partial charge is 0.335 e. The zero-order valence-corrected chi connectivity index (χ0v) is 30.9. The maximum Gasteiger partial charge on any atom is 0.335 e. The number of ether oxygens (including phenoxy) is 2. The molecule has 3 heterocycles. The minimum atomic E-state index is -0.793. The van der Waals surface area contributed by atoms with Crippen LogP contribution in [0, 0.1) is 6.92 Å². The van der Waals surface area contributed by atoms with Crippen molar-refractivity contribution in [2.45, 2.75) is 45.1 Å². The molecule has 8 nitrogen and oxygen atoms in total. The van der Waals surface area contributed by atoms with Gasteiger partial charge in [-0.25, -0.2) is 9.69 Å². The molecule has 0 aliphatic carbocycles. The molecule has 3 aliphatic rings. The number of imide groups is 2. The lowest BCUT2D eigenvalue weighted by molar-refractivity contribution is -0.122. The van der Waals surface area contributed by atoms with Crippen molar-refractivity contribution in [2.24, 2.45) is 0 Å². The van der Waals surface area contributed by atoms with Crippen LogP contribution >= 0.6 is 11.6 Å². The first-order chi connectivity index (χ1) is 26.3. The van der Waals surface area contributed by atoms with Crippen LogP contribution in [0.1, 0.15) is 70.5 Å². The number of nitrogens with one attached hydrogen (secondary N) is 1. The molecule has 0 unspecified atom stereocenters. The van der Waals surface area contributed by atoms with Gasteiger partial charge in [0.25, 0.3) is 11.8 Å². The maximum absolute atomic E-state index is 14.4. The van der Waals surface area contributed by atoms with Crippen LogP contribution in [-0.2, 0) is 16.2 Å². The number of carbonyl (C=O) groups excluding carboxylic acids is 3. The number of aryl methyl sites for hydroxylation is 1. The summed E-state index contributed by atoms with van der Waals surface area (Å²) in [5.74, 6) is -0.647. The average Bonchev–Trinajstić information content (AvgIpc) is 3.18. The van der Waals surface area contributed by atoms with Crippen molar-refractivity contribution in [1.82, 2.24) is 5.32 Å². The third kappa shape index (κ3) is 6.74. The standard InChI is InChI=1S/C45H40ClN3O5/c1-3-53-40-24-30(23-39(46)42(40)54-27-29-16-14-28(2)15-17-29)22-38-43(50)47-45(52)49(44(38)51)33-25-36-34(31-10-6-4-7-11-31)18-20-48-21-19-35(37(26-33)41(36)48)32-12-8-5-9-13-32/h4-17,22-26,34-35H,3,18-21,27H2,1-2H3,(H,47,50,52)/b38-22+/t34-,35-/m1/s1. The van der Waals surface area contributed by atoms with Crippen LogP contribution in [0.5, 0.6) is 11.5 Å². The second-order valence-corrected chi connectivity index (χ2v) is 14.4. The monoisotopic (exact) mass is 737 g/mol. The van der Waals surface area contributed by atoms with Crippen molar-refractivity contribution in [1.29, 1.82) is 0 Å². The Morgan fingerprint density at radius 1 is 0.796 bits per heavy atom. The highest BCUT2D eigenvalue weighted by Crippen LogP contribution is 2.50. The summed E-state index contributed by atoms with van der Waals surface area (Å²) in [5.41, 5.74) is 8.43. The molecule has 5 aromatic rings. The molecular weight excluding hydrogens is 698 g/mol. The Labute approximate surface area is 320 Å². The maximum atomic E-state index is 14.4. The molecule has 4 amide bonds. The van der Waals surface area contributed by atoms with Gasteiger partial charge >= 0.3 is 6.03 Å². The minimum Gasteiger partial charge on any atom is -0.490 e. The number of carbonyl (C=O) groups is 3. The second kappa shape index (κ2) is 14.9. The molecule has 0 aromatic heterocycles. The first-order valence-electron chi connectivity index (χ1n) is 18.4. The van der Waals surface area contributed by atoms with Gasteiger partial charge in [-0.05, 0) is 90.4 Å². The van der Waals surface area contributed by atoms with E-state index < -0.39 is 17.8 Å². The number of barbiturate groups is 1. The molecule has 8 rings (SSSR count). The Hall–Kier alpha value is -5.86. The fraction of sp³-hybridized carbons (Fsp3) is 0.222. The lowest BCUT2D eigenvalue weighted by Crippen LogP contribution is -2.54. The highest BCUT2D eigenvalue weighted by Gasteiger charge is 2.40. The molecule has 1 N–H and O–H groups in total. The third-order valence-electron chi connectivity index (χ3n) is 10.5. The van der Waals surface area contributed by atoms with Gasteiger partial charge in [-0.1, -0.05) is 102 Å². The summed E-state index contributed by atoms with van der Waals surface area (Å²) in [6, 6.07) is 35.2. The van der Waals surface area contributed by atoms with Gasteiger partial charge in [0, 0.05) is 30.6 Å². The van der Waals surface area contributed by atoms with E-state index in [4.69, 9.17) is 21.1 Å². The number of nitrogens with zero attached hydrogens (tertiary/aromatic N) is 2. The van der Waals surface area contributed by atoms with E-state index in [1.165, 1.54) is 22.9 Å². The fourth-order valence-electron chi connectivity index (χ4n) is 7.94. The first-order valence-corrected chi connectivity index (χ1v) is 18.8. The Morgan fingerprint density at radius 2 is 1.41 bits per heavy atom. The zero-order valence-electron chi connectivity index (χ0n) is 30.2. The lowest BCUT2D eigenvalue weighted by atomic mass is 9.76. The minimum absolute atomic E-state index is 0.0659. The van der Waals surface area contributed by atoms with Crippen molar-refractivity contribution in [3.8, 4) is 11.5 Å². The third-order valence-corrected chi connectivity index (χ3v) is 10.8. The normalized spacial score (nSPS) is 18.7. The Bertz CT molecular complexity index is 2200. The Morgan fingerprint density at radius 3 is 2.00 bits per heavy atom. The molecule has 5 aromatic carbocycles. The number of anilines is 2. The van der Waals surface area contributed by atoms with Gasteiger partial charge in [0.05, 0.1) is 17.3 Å². The number of rotatable bonds is 9. The van der Waals surface area contributed by atoms with Crippen molar-refractivity contribution in [3.05, 3.63) is 159 Å². The van der Waals surface area contributed by atoms with Gasteiger partial charge in [0.15, 0.2) is 11.5 Å². The molecule has 0 radical (unpaired) electrons. The molecule has 1 saturated heterocycles. The predicted molar refractivity (Wildman–Crippen MR) is 212 cm³/mol. The summed E-state index contributed by atoms with van der Waals surface area (Å²) in [4.78, 5) is 45.0. The van der Waals surface area contributed by atoms with Crippen LogP contribution < -0.4 is 24.6 Å². The van der Waals surface area contributed by atoms with Crippen molar-refractivity contribution >= 4 is 46.9 Å². The van der Waals surface area contributed by atoms with E-state index >= 15 is 0 Å². The number of halogens is 1. The summed E-state index contributed by atoms with van der Waals surface area (Å²) < 4.78 is 12.0.